The van der Waals surface area contributed by atoms with Crippen molar-refractivity contribution in [2.75, 3.05) is 0 Å². The fourth-order valence-corrected chi connectivity index (χ4v) is 5.30. The van der Waals surface area contributed by atoms with Gasteiger partial charge >= 0.3 is 5.97 Å². The molecular weight excluding hydrogens is 390 g/mol. The normalized spacial score (nSPS) is 15.7. The minimum Gasteiger partial charge on any atom is -0.478 e. The highest BCUT2D eigenvalue weighted by Crippen LogP contribution is 2.28. The maximum atomic E-state index is 12.7. The van der Waals surface area contributed by atoms with E-state index in [-0.39, 0.29) is 21.5 Å². The number of rotatable bonds is 7. The molecule has 8 heteroatoms. The van der Waals surface area contributed by atoms with Gasteiger partial charge in [0.05, 0.1) is 16.8 Å². The highest BCUT2D eigenvalue weighted by molar-refractivity contribution is 7.89. The quantitative estimate of drug-likeness (QED) is 0.717. The largest absolute Gasteiger partial charge is 0.478 e. The van der Waals surface area contributed by atoms with Crippen molar-refractivity contribution < 1.29 is 22.7 Å². The number of aromatic carboxylic acids is 1. The molecular formula is C19H22ClNO5S. The minimum atomic E-state index is -3.89. The van der Waals surface area contributed by atoms with E-state index in [9.17, 15) is 18.3 Å². The van der Waals surface area contributed by atoms with Gasteiger partial charge in [0.25, 0.3) is 0 Å². The Morgan fingerprint density at radius 3 is 2.59 bits per heavy atom. The maximum absolute atomic E-state index is 12.7. The summed E-state index contributed by atoms with van der Waals surface area (Å²) in [5.41, 5.74) is 0.412. The van der Waals surface area contributed by atoms with E-state index >= 15 is 0 Å². The fraction of sp³-hybridized carbons (Fsp3) is 0.421. The van der Waals surface area contributed by atoms with Crippen molar-refractivity contribution in [1.29, 1.82) is 0 Å². The molecule has 0 atom stereocenters. The van der Waals surface area contributed by atoms with Crippen molar-refractivity contribution in [2.24, 2.45) is 0 Å². The van der Waals surface area contributed by atoms with Crippen LogP contribution in [-0.2, 0) is 22.9 Å². The lowest BCUT2D eigenvalue weighted by molar-refractivity contribution is 0.0695. The molecule has 1 fully saturated rings. The fourth-order valence-electron chi connectivity index (χ4n) is 3.42. The highest BCUT2D eigenvalue weighted by Gasteiger charge is 2.26. The van der Waals surface area contributed by atoms with Gasteiger partial charge in [-0.05, 0) is 49.1 Å². The lowest BCUT2D eigenvalue weighted by Gasteiger charge is -2.23. The van der Waals surface area contributed by atoms with Crippen molar-refractivity contribution in [2.45, 2.75) is 55.9 Å². The van der Waals surface area contributed by atoms with E-state index in [0.29, 0.717) is 18.4 Å². The zero-order valence-corrected chi connectivity index (χ0v) is 16.4. The lowest BCUT2D eigenvalue weighted by atomic mass is 9.96. The molecule has 6 nitrogen and oxygen atoms in total. The number of hydrogen-bond acceptors (Lipinski definition) is 4. The second-order valence-electron chi connectivity index (χ2n) is 6.78. The van der Waals surface area contributed by atoms with Crippen LogP contribution in [0.15, 0.2) is 39.8 Å². The molecule has 27 heavy (non-hydrogen) atoms. The summed E-state index contributed by atoms with van der Waals surface area (Å²) in [4.78, 5) is 11.5. The first-order valence-electron chi connectivity index (χ1n) is 8.97. The van der Waals surface area contributed by atoms with E-state index in [4.69, 9.17) is 16.0 Å². The van der Waals surface area contributed by atoms with Crippen LogP contribution in [0.1, 0.15) is 53.8 Å². The third kappa shape index (κ3) is 4.91. The predicted octanol–water partition coefficient (Wildman–Crippen LogP) is 4.03. The molecule has 0 saturated heterocycles. The average molecular weight is 412 g/mol. The molecule has 1 aliphatic rings. The third-order valence-corrected chi connectivity index (χ3v) is 6.81. The van der Waals surface area contributed by atoms with Crippen LogP contribution in [0, 0.1) is 0 Å². The van der Waals surface area contributed by atoms with Gasteiger partial charge in [0.2, 0.25) is 10.0 Å². The van der Waals surface area contributed by atoms with Gasteiger partial charge < -0.3 is 9.52 Å². The van der Waals surface area contributed by atoms with Crippen LogP contribution in [0.4, 0.5) is 0 Å². The van der Waals surface area contributed by atoms with Crippen LogP contribution in [0.25, 0.3) is 0 Å². The van der Waals surface area contributed by atoms with Crippen LogP contribution in [0.3, 0.4) is 0 Å². The van der Waals surface area contributed by atoms with Crippen LogP contribution in [-0.4, -0.2) is 25.5 Å². The molecule has 1 aromatic carbocycles. The number of benzene rings is 1. The number of nitrogens with one attached hydrogen (secondary N) is 1. The predicted molar refractivity (Wildman–Crippen MR) is 102 cm³/mol. The molecule has 1 aromatic heterocycles. The van der Waals surface area contributed by atoms with E-state index < -0.39 is 16.0 Å². The van der Waals surface area contributed by atoms with Crippen LogP contribution >= 0.6 is 11.6 Å². The Balaban J connectivity index is 1.87. The zero-order chi connectivity index (χ0) is 19.4. The Morgan fingerprint density at radius 2 is 1.96 bits per heavy atom. The molecule has 146 valence electrons. The number of furan rings is 1. The monoisotopic (exact) mass is 411 g/mol. The molecule has 2 N–H and O–H groups in total. The first-order valence-corrected chi connectivity index (χ1v) is 10.8. The Hall–Kier alpha value is -1.83. The lowest BCUT2D eigenvalue weighted by Crippen LogP contribution is -2.36. The van der Waals surface area contributed by atoms with E-state index in [1.165, 1.54) is 6.07 Å². The molecule has 0 unspecified atom stereocenters. The maximum Gasteiger partial charge on any atom is 0.336 e. The van der Waals surface area contributed by atoms with Gasteiger partial charge in [0.15, 0.2) is 0 Å². The molecule has 0 spiro atoms. The molecule has 2 aromatic rings. The summed E-state index contributed by atoms with van der Waals surface area (Å²) in [7, 11) is -3.89. The molecule has 0 radical (unpaired) electrons. The summed E-state index contributed by atoms with van der Waals surface area (Å²) in [6.45, 7) is 0. The standard InChI is InChI=1S/C19H22ClNO5S/c20-17-11-13(8-9-15-7-4-10-26-15)16(19(22)23)12-18(17)27(24,25)21-14-5-2-1-3-6-14/h4,7,10-12,14,21H,1-3,5-6,8-9H2,(H,22,23). The van der Waals surface area contributed by atoms with Gasteiger partial charge in [-0.15, -0.1) is 0 Å². The molecule has 0 bridgehead atoms. The third-order valence-electron chi connectivity index (χ3n) is 4.83. The highest BCUT2D eigenvalue weighted by atomic mass is 35.5. The number of carboxylic acids is 1. The van der Waals surface area contributed by atoms with Gasteiger partial charge in [-0.3, -0.25) is 0 Å². The van der Waals surface area contributed by atoms with Crippen molar-refractivity contribution in [3.05, 3.63) is 52.4 Å². The van der Waals surface area contributed by atoms with Crippen molar-refractivity contribution >= 4 is 27.6 Å². The van der Waals surface area contributed by atoms with E-state index in [1.807, 2.05) is 0 Å². The molecule has 1 aliphatic carbocycles. The molecule has 1 heterocycles. The Kier molecular flexibility index (Phi) is 6.24. The number of carbonyl (C=O) groups is 1. The first-order chi connectivity index (χ1) is 12.9. The summed E-state index contributed by atoms with van der Waals surface area (Å²) in [5.74, 6) is -0.464. The van der Waals surface area contributed by atoms with Crippen LogP contribution in [0.2, 0.25) is 5.02 Å². The second-order valence-corrected chi connectivity index (χ2v) is 8.87. The van der Waals surface area contributed by atoms with Crippen LogP contribution in [0.5, 0.6) is 0 Å². The topological polar surface area (TPSA) is 96.6 Å². The Bertz CT molecular complexity index is 902. The minimum absolute atomic E-state index is 0.0257. The van der Waals surface area contributed by atoms with Crippen molar-refractivity contribution in [1.82, 2.24) is 4.72 Å². The molecule has 0 amide bonds. The second kappa shape index (κ2) is 8.46. The number of sulfonamides is 1. The van der Waals surface area contributed by atoms with E-state index in [2.05, 4.69) is 4.72 Å². The van der Waals surface area contributed by atoms with Gasteiger partial charge in [0.1, 0.15) is 10.7 Å². The average Bonchev–Trinajstić information content (AvgIpc) is 3.13. The van der Waals surface area contributed by atoms with E-state index in [1.54, 1.807) is 18.4 Å². The molecule has 1 saturated carbocycles. The van der Waals surface area contributed by atoms with Gasteiger partial charge in [-0.1, -0.05) is 30.9 Å². The van der Waals surface area contributed by atoms with Crippen molar-refractivity contribution in [3.63, 3.8) is 0 Å². The number of carboxylic acid groups (broad SMARTS) is 1. The van der Waals surface area contributed by atoms with Crippen LogP contribution < -0.4 is 4.72 Å². The van der Waals surface area contributed by atoms with Gasteiger partial charge in [-0.2, -0.15) is 0 Å². The first kappa shape index (κ1) is 19.9. The number of aryl methyl sites for hydroxylation is 2. The van der Waals surface area contributed by atoms with Gasteiger partial charge in [0, 0.05) is 12.5 Å². The zero-order valence-electron chi connectivity index (χ0n) is 14.8. The number of hydrogen-bond donors (Lipinski definition) is 2. The molecule has 0 aliphatic heterocycles. The summed E-state index contributed by atoms with van der Waals surface area (Å²) in [5, 5.41) is 9.57. The Labute approximate surface area is 163 Å². The summed E-state index contributed by atoms with van der Waals surface area (Å²) >= 11 is 6.23. The van der Waals surface area contributed by atoms with E-state index in [0.717, 1.165) is 43.9 Å². The van der Waals surface area contributed by atoms with Gasteiger partial charge in [-0.25, -0.2) is 17.9 Å². The Morgan fingerprint density at radius 1 is 1.22 bits per heavy atom. The summed E-state index contributed by atoms with van der Waals surface area (Å²) in [6.07, 6.45) is 7.05. The number of halogens is 1. The summed E-state index contributed by atoms with van der Waals surface area (Å²) < 4.78 is 33.4. The summed E-state index contributed by atoms with van der Waals surface area (Å²) in [6, 6.07) is 6.02. The smallest absolute Gasteiger partial charge is 0.336 e. The molecule has 3 rings (SSSR count). The SMILES string of the molecule is O=C(O)c1cc(S(=O)(=O)NC2CCCCC2)c(Cl)cc1CCc1ccco1. The van der Waals surface area contributed by atoms with Crippen molar-refractivity contribution in [3.8, 4) is 0 Å².